The van der Waals surface area contributed by atoms with Gasteiger partial charge in [-0.1, -0.05) is 23.7 Å². The van der Waals surface area contributed by atoms with Gasteiger partial charge < -0.3 is 15.1 Å². The van der Waals surface area contributed by atoms with Crippen LogP contribution in [0.4, 0.5) is 0 Å². The van der Waals surface area contributed by atoms with E-state index in [2.05, 4.69) is 10.4 Å². The van der Waals surface area contributed by atoms with Crippen LogP contribution < -0.4 is 5.32 Å². The SMILES string of the molecule is Cn1nc(C(=O)N2CCC[C@@H](C(=O)NC3CC3)C2)c2c1CCN(C(=O)Cc1ccc(Cl)cc1)C2. The summed E-state index contributed by atoms with van der Waals surface area (Å²) in [4.78, 5) is 42.6. The Labute approximate surface area is 204 Å². The zero-order valence-electron chi connectivity index (χ0n) is 19.4. The van der Waals surface area contributed by atoms with Crippen molar-refractivity contribution in [1.29, 1.82) is 0 Å². The number of benzene rings is 1. The monoisotopic (exact) mass is 483 g/mol. The summed E-state index contributed by atoms with van der Waals surface area (Å²) in [6, 6.07) is 7.61. The first-order valence-corrected chi connectivity index (χ1v) is 12.4. The molecule has 2 aliphatic heterocycles. The predicted octanol–water partition coefficient (Wildman–Crippen LogP) is 2.33. The normalized spacial score (nSPS) is 20.1. The van der Waals surface area contributed by atoms with Gasteiger partial charge in [0.05, 0.1) is 12.3 Å². The standard InChI is InChI=1S/C25H30ClN5O3/c1-29-21-10-12-30(22(32)13-16-4-6-18(26)7-5-16)15-20(21)23(28-29)25(34)31-11-2-3-17(14-31)24(33)27-19-8-9-19/h4-7,17,19H,2-3,8-15H2,1H3,(H,27,33)/t17-/m1/s1. The van der Waals surface area contributed by atoms with Gasteiger partial charge in [-0.25, -0.2) is 0 Å². The van der Waals surface area contributed by atoms with Crippen LogP contribution in [0.15, 0.2) is 24.3 Å². The number of likely N-dealkylation sites (tertiary alicyclic amines) is 1. The molecule has 1 aliphatic carbocycles. The van der Waals surface area contributed by atoms with E-state index < -0.39 is 0 Å². The Morgan fingerprint density at radius 2 is 1.85 bits per heavy atom. The highest BCUT2D eigenvalue weighted by Gasteiger charge is 2.35. The summed E-state index contributed by atoms with van der Waals surface area (Å²) in [5.41, 5.74) is 3.14. The van der Waals surface area contributed by atoms with Gasteiger partial charge >= 0.3 is 0 Å². The lowest BCUT2D eigenvalue weighted by atomic mass is 9.96. The molecular weight excluding hydrogens is 454 g/mol. The first-order chi connectivity index (χ1) is 16.4. The first kappa shape index (κ1) is 22.9. The third-order valence-electron chi connectivity index (χ3n) is 7.07. The molecular formula is C25H30ClN5O3. The lowest BCUT2D eigenvalue weighted by molar-refractivity contribution is -0.131. The molecule has 2 fully saturated rings. The maximum Gasteiger partial charge on any atom is 0.274 e. The van der Waals surface area contributed by atoms with Gasteiger partial charge in [-0.05, 0) is 43.4 Å². The van der Waals surface area contributed by atoms with E-state index in [1.165, 1.54) is 0 Å². The molecule has 1 aromatic carbocycles. The van der Waals surface area contributed by atoms with Gasteiger partial charge in [0.25, 0.3) is 5.91 Å². The van der Waals surface area contributed by atoms with Gasteiger partial charge in [-0.3, -0.25) is 19.1 Å². The van der Waals surface area contributed by atoms with Gasteiger partial charge in [0, 0.05) is 62.0 Å². The van der Waals surface area contributed by atoms with E-state index in [-0.39, 0.29) is 23.6 Å². The van der Waals surface area contributed by atoms with Crippen molar-refractivity contribution in [1.82, 2.24) is 24.9 Å². The molecule has 0 bridgehead atoms. The predicted molar refractivity (Wildman–Crippen MR) is 127 cm³/mol. The Morgan fingerprint density at radius 3 is 2.59 bits per heavy atom. The van der Waals surface area contributed by atoms with Gasteiger partial charge in [-0.15, -0.1) is 0 Å². The number of fused-ring (bicyclic) bond motifs is 1. The summed E-state index contributed by atoms with van der Waals surface area (Å²) in [5, 5.41) is 8.27. The number of aromatic nitrogens is 2. The number of rotatable bonds is 5. The number of piperidine rings is 1. The molecule has 9 heteroatoms. The molecule has 2 aromatic rings. The first-order valence-electron chi connectivity index (χ1n) is 12.1. The van der Waals surface area contributed by atoms with Gasteiger partial charge in [0.15, 0.2) is 5.69 Å². The summed E-state index contributed by atoms with van der Waals surface area (Å²) in [6.45, 7) is 2.01. The zero-order valence-corrected chi connectivity index (χ0v) is 20.2. The lowest BCUT2D eigenvalue weighted by Gasteiger charge is -2.32. The zero-order chi connectivity index (χ0) is 23.8. The number of nitrogens with zero attached hydrogens (tertiary/aromatic N) is 4. The molecule has 0 unspecified atom stereocenters. The van der Waals surface area contributed by atoms with Crippen LogP contribution in [-0.2, 0) is 36.0 Å². The van der Waals surface area contributed by atoms with Crippen molar-refractivity contribution >= 4 is 29.3 Å². The smallest absolute Gasteiger partial charge is 0.274 e. The maximum atomic E-state index is 13.5. The van der Waals surface area contributed by atoms with E-state index in [0.29, 0.717) is 55.8 Å². The molecule has 180 valence electrons. The van der Waals surface area contributed by atoms with Crippen LogP contribution in [0.3, 0.4) is 0 Å². The minimum absolute atomic E-state index is 0.0185. The largest absolute Gasteiger partial charge is 0.353 e. The molecule has 0 radical (unpaired) electrons. The fourth-order valence-corrected chi connectivity index (χ4v) is 5.06. The number of halogens is 1. The second-order valence-corrected chi connectivity index (χ2v) is 10.1. The van der Waals surface area contributed by atoms with Crippen LogP contribution in [0.2, 0.25) is 5.02 Å². The van der Waals surface area contributed by atoms with E-state index in [9.17, 15) is 14.4 Å². The van der Waals surface area contributed by atoms with E-state index in [1.54, 1.807) is 26.6 Å². The molecule has 8 nitrogen and oxygen atoms in total. The van der Waals surface area contributed by atoms with Gasteiger partial charge in [-0.2, -0.15) is 5.10 Å². The summed E-state index contributed by atoms with van der Waals surface area (Å²) < 4.78 is 1.77. The van der Waals surface area contributed by atoms with Gasteiger partial charge in [0.2, 0.25) is 11.8 Å². The second kappa shape index (κ2) is 9.41. The summed E-state index contributed by atoms with van der Waals surface area (Å²) in [7, 11) is 1.85. The van der Waals surface area contributed by atoms with Crippen molar-refractivity contribution in [3.63, 3.8) is 0 Å². The molecule has 3 aliphatic rings. The number of hydrogen-bond acceptors (Lipinski definition) is 4. The third-order valence-corrected chi connectivity index (χ3v) is 7.32. The van der Waals surface area contributed by atoms with Crippen LogP contribution in [0.1, 0.15) is 53.0 Å². The Kier molecular flexibility index (Phi) is 6.34. The van der Waals surface area contributed by atoms with Crippen LogP contribution in [0, 0.1) is 5.92 Å². The van der Waals surface area contributed by atoms with E-state index in [4.69, 9.17) is 11.6 Å². The number of hydrogen-bond donors (Lipinski definition) is 1. The highest BCUT2D eigenvalue weighted by Crippen LogP contribution is 2.27. The summed E-state index contributed by atoms with van der Waals surface area (Å²) >= 11 is 5.95. The molecule has 3 amide bonds. The van der Waals surface area contributed by atoms with Gasteiger partial charge in [0.1, 0.15) is 0 Å². The quantitative estimate of drug-likeness (QED) is 0.707. The van der Waals surface area contributed by atoms with Crippen molar-refractivity contribution < 1.29 is 14.4 Å². The maximum absolute atomic E-state index is 13.5. The summed E-state index contributed by atoms with van der Waals surface area (Å²) in [6.07, 6.45) is 4.65. The molecule has 1 N–H and O–H groups in total. The third kappa shape index (κ3) is 4.82. The Bertz CT molecular complexity index is 1110. The molecule has 1 aromatic heterocycles. The lowest BCUT2D eigenvalue weighted by Crippen LogP contribution is -2.46. The van der Waals surface area contributed by atoms with Crippen LogP contribution in [-0.4, -0.2) is 63.0 Å². The number of carbonyl (C=O) groups is 3. The fourth-order valence-electron chi connectivity index (χ4n) is 4.94. The molecule has 1 atom stereocenters. The van der Waals surface area contributed by atoms with Crippen LogP contribution >= 0.6 is 11.6 Å². The van der Waals surface area contributed by atoms with Crippen LogP contribution in [0.25, 0.3) is 0 Å². The number of carbonyl (C=O) groups excluding carboxylic acids is 3. The average molecular weight is 484 g/mol. The second-order valence-electron chi connectivity index (χ2n) is 9.64. The highest BCUT2D eigenvalue weighted by molar-refractivity contribution is 6.30. The molecule has 34 heavy (non-hydrogen) atoms. The van der Waals surface area contributed by atoms with E-state index in [0.717, 1.165) is 42.5 Å². The van der Waals surface area contributed by atoms with E-state index in [1.807, 2.05) is 19.2 Å². The van der Waals surface area contributed by atoms with Crippen molar-refractivity contribution in [3.8, 4) is 0 Å². The number of amides is 3. The summed E-state index contributed by atoms with van der Waals surface area (Å²) in [5.74, 6) is -0.241. The topological polar surface area (TPSA) is 87.5 Å². The molecule has 5 rings (SSSR count). The Morgan fingerprint density at radius 1 is 1.09 bits per heavy atom. The molecule has 1 saturated heterocycles. The van der Waals surface area contributed by atoms with Crippen LogP contribution in [0.5, 0.6) is 0 Å². The van der Waals surface area contributed by atoms with E-state index >= 15 is 0 Å². The number of aryl methyl sites for hydroxylation is 1. The van der Waals surface area contributed by atoms with Crippen molar-refractivity contribution in [2.75, 3.05) is 19.6 Å². The minimum Gasteiger partial charge on any atom is -0.353 e. The van der Waals surface area contributed by atoms with Crippen molar-refractivity contribution in [3.05, 3.63) is 51.8 Å². The number of nitrogens with one attached hydrogen (secondary N) is 1. The Hall–Kier alpha value is -2.87. The highest BCUT2D eigenvalue weighted by atomic mass is 35.5. The molecule has 3 heterocycles. The van der Waals surface area contributed by atoms with Crippen molar-refractivity contribution in [2.24, 2.45) is 13.0 Å². The average Bonchev–Trinajstić information content (AvgIpc) is 3.60. The molecule has 0 spiro atoms. The van der Waals surface area contributed by atoms with Crippen molar-refractivity contribution in [2.45, 2.75) is 51.1 Å². The Balaban J connectivity index is 1.28. The fraction of sp³-hybridized carbons (Fsp3) is 0.520. The minimum atomic E-state index is -0.171. The molecule has 1 saturated carbocycles.